The van der Waals surface area contributed by atoms with Gasteiger partial charge in [-0.05, 0) is 48.9 Å². The van der Waals surface area contributed by atoms with E-state index in [2.05, 4.69) is 6.92 Å². The first-order valence-electron chi connectivity index (χ1n) is 13.3. The van der Waals surface area contributed by atoms with Crippen molar-refractivity contribution in [2.24, 2.45) is 11.8 Å². The van der Waals surface area contributed by atoms with Gasteiger partial charge in [-0.25, -0.2) is 13.6 Å². The second kappa shape index (κ2) is 14.6. The monoisotopic (exact) mass is 497 g/mol. The van der Waals surface area contributed by atoms with Gasteiger partial charge in [0.25, 0.3) is 0 Å². The van der Waals surface area contributed by atoms with Crippen LogP contribution < -0.4 is 9.47 Å². The second-order valence-corrected chi connectivity index (χ2v) is 9.90. The summed E-state index contributed by atoms with van der Waals surface area (Å²) in [6.07, 6.45) is 15.9. The Hall–Kier alpha value is -2.94. The van der Waals surface area contributed by atoms with Crippen molar-refractivity contribution in [3.05, 3.63) is 59.2 Å². The average Bonchev–Trinajstić information content (AvgIpc) is 2.88. The summed E-state index contributed by atoms with van der Waals surface area (Å²) in [4.78, 5) is 12.3. The first-order chi connectivity index (χ1) is 17.5. The van der Waals surface area contributed by atoms with Gasteiger partial charge in [0, 0.05) is 12.1 Å². The summed E-state index contributed by atoms with van der Waals surface area (Å²) >= 11 is 0. The SMILES string of the molecule is CCCCCCCCCC1CCC(COc2ccc(C(=O)Oc3cc(F)c(C#N)c(F)c3)cc2)CC1. The van der Waals surface area contributed by atoms with Crippen LogP contribution in [0.1, 0.15) is 99.9 Å². The van der Waals surface area contributed by atoms with E-state index in [0.29, 0.717) is 18.3 Å². The van der Waals surface area contributed by atoms with Crippen LogP contribution >= 0.6 is 0 Å². The van der Waals surface area contributed by atoms with Crippen LogP contribution in [0.5, 0.6) is 11.5 Å². The molecule has 0 N–H and O–H groups in total. The van der Waals surface area contributed by atoms with E-state index in [0.717, 1.165) is 18.1 Å². The predicted molar refractivity (Wildman–Crippen MR) is 136 cm³/mol. The molecule has 0 amide bonds. The standard InChI is InChI=1S/C30H37F2NO3/c1-2-3-4-5-6-7-8-9-22-10-12-23(13-11-22)21-35-25-16-14-24(15-17-25)30(34)36-26-18-28(31)27(20-33)29(32)19-26/h14-19,22-23H,2-13,21H2,1H3. The van der Waals surface area contributed by atoms with Crippen LogP contribution in [0.15, 0.2) is 36.4 Å². The van der Waals surface area contributed by atoms with E-state index in [9.17, 15) is 13.6 Å². The molecule has 0 spiro atoms. The van der Waals surface area contributed by atoms with Crippen LogP contribution in [0.4, 0.5) is 8.78 Å². The van der Waals surface area contributed by atoms with Gasteiger partial charge in [-0.1, -0.05) is 71.1 Å². The number of unbranched alkanes of at least 4 members (excludes halogenated alkanes) is 6. The number of ether oxygens (including phenoxy) is 2. The van der Waals surface area contributed by atoms with Crippen molar-refractivity contribution in [3.8, 4) is 17.6 Å². The number of carbonyl (C=O) groups is 1. The van der Waals surface area contributed by atoms with E-state index < -0.39 is 23.2 Å². The summed E-state index contributed by atoms with van der Waals surface area (Å²) in [6.45, 7) is 2.92. The first kappa shape index (κ1) is 27.6. The Morgan fingerprint density at radius 3 is 2.08 bits per heavy atom. The molecule has 0 unspecified atom stereocenters. The normalized spacial score (nSPS) is 17.4. The van der Waals surface area contributed by atoms with Crippen molar-refractivity contribution in [1.82, 2.24) is 0 Å². The Morgan fingerprint density at radius 1 is 0.889 bits per heavy atom. The molecule has 194 valence electrons. The fourth-order valence-electron chi connectivity index (χ4n) is 4.86. The quantitative estimate of drug-likeness (QED) is 0.158. The number of hydrogen-bond donors (Lipinski definition) is 0. The maximum atomic E-state index is 13.7. The summed E-state index contributed by atoms with van der Waals surface area (Å²) in [7, 11) is 0. The third kappa shape index (κ3) is 8.62. The summed E-state index contributed by atoms with van der Waals surface area (Å²) in [6, 6.07) is 9.59. The van der Waals surface area contributed by atoms with E-state index in [1.165, 1.54) is 83.1 Å². The van der Waals surface area contributed by atoms with Gasteiger partial charge in [0.1, 0.15) is 34.8 Å². The largest absolute Gasteiger partial charge is 0.493 e. The molecule has 0 aliphatic heterocycles. The topological polar surface area (TPSA) is 59.3 Å². The Morgan fingerprint density at radius 2 is 1.47 bits per heavy atom. The van der Waals surface area contributed by atoms with Crippen molar-refractivity contribution >= 4 is 5.97 Å². The number of rotatable bonds is 13. The van der Waals surface area contributed by atoms with Crippen molar-refractivity contribution < 1.29 is 23.0 Å². The lowest BCUT2D eigenvalue weighted by Gasteiger charge is -2.28. The summed E-state index contributed by atoms with van der Waals surface area (Å²) in [5.74, 6) is -1.10. The van der Waals surface area contributed by atoms with E-state index >= 15 is 0 Å². The van der Waals surface area contributed by atoms with Crippen molar-refractivity contribution in [2.45, 2.75) is 84.0 Å². The van der Waals surface area contributed by atoms with Crippen LogP contribution in [0.3, 0.4) is 0 Å². The van der Waals surface area contributed by atoms with Crippen molar-refractivity contribution in [1.29, 1.82) is 5.26 Å². The highest BCUT2D eigenvalue weighted by molar-refractivity contribution is 5.91. The van der Waals surface area contributed by atoms with Crippen LogP contribution in [0, 0.1) is 34.8 Å². The minimum atomic E-state index is -1.07. The molecule has 0 bridgehead atoms. The van der Waals surface area contributed by atoms with E-state index in [1.807, 2.05) is 0 Å². The minimum Gasteiger partial charge on any atom is -0.493 e. The molecule has 2 aromatic rings. The highest BCUT2D eigenvalue weighted by Crippen LogP contribution is 2.32. The lowest BCUT2D eigenvalue weighted by Crippen LogP contribution is -2.20. The molecular formula is C30H37F2NO3. The zero-order valence-electron chi connectivity index (χ0n) is 21.2. The van der Waals surface area contributed by atoms with Crippen molar-refractivity contribution in [3.63, 3.8) is 0 Å². The molecule has 2 aromatic carbocycles. The molecule has 1 aliphatic rings. The lowest BCUT2D eigenvalue weighted by atomic mass is 9.80. The number of esters is 1. The third-order valence-electron chi connectivity index (χ3n) is 7.10. The van der Waals surface area contributed by atoms with Crippen molar-refractivity contribution in [2.75, 3.05) is 6.61 Å². The Balaban J connectivity index is 1.35. The number of carbonyl (C=O) groups excluding carboxylic acids is 1. The van der Waals surface area contributed by atoms with Crippen LogP contribution in [-0.2, 0) is 0 Å². The molecule has 6 heteroatoms. The molecule has 1 saturated carbocycles. The number of hydrogen-bond acceptors (Lipinski definition) is 4. The molecule has 0 aromatic heterocycles. The van der Waals surface area contributed by atoms with E-state index in [-0.39, 0.29) is 11.3 Å². The number of nitriles is 1. The molecular weight excluding hydrogens is 460 g/mol. The average molecular weight is 498 g/mol. The van der Waals surface area contributed by atoms with Gasteiger partial charge in [0.15, 0.2) is 0 Å². The molecule has 0 saturated heterocycles. The number of halogens is 2. The number of nitrogens with zero attached hydrogens (tertiary/aromatic N) is 1. The smallest absolute Gasteiger partial charge is 0.343 e. The fraction of sp³-hybridized carbons (Fsp3) is 0.533. The molecule has 3 rings (SSSR count). The molecule has 0 atom stereocenters. The molecule has 1 fully saturated rings. The van der Waals surface area contributed by atoms with Gasteiger partial charge in [-0.15, -0.1) is 0 Å². The Labute approximate surface area is 213 Å². The first-order valence-corrected chi connectivity index (χ1v) is 13.3. The maximum Gasteiger partial charge on any atom is 0.343 e. The molecule has 1 aliphatic carbocycles. The molecule has 0 heterocycles. The van der Waals surface area contributed by atoms with E-state index in [4.69, 9.17) is 14.7 Å². The highest BCUT2D eigenvalue weighted by Gasteiger charge is 2.21. The molecule has 0 radical (unpaired) electrons. The van der Waals surface area contributed by atoms with Gasteiger partial charge >= 0.3 is 5.97 Å². The molecule has 36 heavy (non-hydrogen) atoms. The Bertz CT molecular complexity index is 985. The summed E-state index contributed by atoms with van der Waals surface area (Å²) in [5, 5.41) is 8.73. The molecule has 4 nitrogen and oxygen atoms in total. The van der Waals surface area contributed by atoms with Gasteiger partial charge in [-0.3, -0.25) is 0 Å². The highest BCUT2D eigenvalue weighted by atomic mass is 19.1. The third-order valence-corrected chi connectivity index (χ3v) is 7.10. The maximum absolute atomic E-state index is 13.7. The van der Waals surface area contributed by atoms with Crippen LogP contribution in [0.2, 0.25) is 0 Å². The zero-order valence-corrected chi connectivity index (χ0v) is 21.2. The fourth-order valence-corrected chi connectivity index (χ4v) is 4.86. The van der Waals surface area contributed by atoms with Gasteiger partial charge in [0.05, 0.1) is 12.2 Å². The second-order valence-electron chi connectivity index (χ2n) is 9.90. The van der Waals surface area contributed by atoms with E-state index in [1.54, 1.807) is 24.3 Å². The van der Waals surface area contributed by atoms with Gasteiger partial charge in [0.2, 0.25) is 0 Å². The summed E-state index contributed by atoms with van der Waals surface area (Å²) in [5.41, 5.74) is -0.476. The lowest BCUT2D eigenvalue weighted by molar-refractivity contribution is 0.0734. The van der Waals surface area contributed by atoms with Gasteiger partial charge in [-0.2, -0.15) is 5.26 Å². The number of benzene rings is 2. The summed E-state index contributed by atoms with van der Waals surface area (Å²) < 4.78 is 38.5. The zero-order chi connectivity index (χ0) is 25.8. The predicted octanol–water partition coefficient (Wildman–Crippen LogP) is 8.38. The van der Waals surface area contributed by atoms with Crippen LogP contribution in [0.25, 0.3) is 0 Å². The Kier molecular flexibility index (Phi) is 11.2. The minimum absolute atomic E-state index is 0.235. The van der Waals surface area contributed by atoms with Gasteiger partial charge < -0.3 is 9.47 Å². The van der Waals surface area contributed by atoms with Crippen LogP contribution in [-0.4, -0.2) is 12.6 Å².